The van der Waals surface area contributed by atoms with Gasteiger partial charge in [-0.25, -0.2) is 0 Å². The van der Waals surface area contributed by atoms with Crippen molar-refractivity contribution in [1.82, 2.24) is 10.2 Å². The van der Waals surface area contributed by atoms with Crippen LogP contribution in [0.5, 0.6) is 0 Å². The van der Waals surface area contributed by atoms with Crippen LogP contribution in [0, 0.1) is 13.8 Å². The van der Waals surface area contributed by atoms with Gasteiger partial charge in [0, 0.05) is 17.8 Å². The number of likely N-dealkylation sites (N-methyl/N-ethyl adjacent to an activating group) is 1. The van der Waals surface area contributed by atoms with Crippen molar-refractivity contribution in [1.29, 1.82) is 0 Å². The number of benzene rings is 1. The van der Waals surface area contributed by atoms with Crippen molar-refractivity contribution < 1.29 is 0 Å². The maximum absolute atomic E-state index is 5.48. The molecule has 0 aromatic heterocycles. The van der Waals surface area contributed by atoms with Crippen molar-refractivity contribution in [3.8, 4) is 0 Å². The number of nitrogens with one attached hydrogen (secondary N) is 2. The lowest BCUT2D eigenvalue weighted by Crippen LogP contribution is -2.54. The molecule has 0 atom stereocenters. The van der Waals surface area contributed by atoms with E-state index < -0.39 is 0 Å². The van der Waals surface area contributed by atoms with Crippen molar-refractivity contribution in [3.63, 3.8) is 0 Å². The van der Waals surface area contributed by atoms with Crippen LogP contribution in [0.1, 0.15) is 43.2 Å². The molecule has 1 fully saturated rings. The highest BCUT2D eigenvalue weighted by Crippen LogP contribution is 2.31. The fraction of sp³-hybridized carbons (Fsp3) is 0.611. The zero-order valence-electron chi connectivity index (χ0n) is 14.3. The lowest BCUT2D eigenvalue weighted by atomic mass is 9.80. The summed E-state index contributed by atoms with van der Waals surface area (Å²) in [5.74, 6) is 0. The van der Waals surface area contributed by atoms with E-state index in [0.29, 0.717) is 0 Å². The van der Waals surface area contributed by atoms with Crippen molar-refractivity contribution >= 4 is 23.0 Å². The Bertz CT molecular complexity index is 519. The van der Waals surface area contributed by atoms with Crippen molar-refractivity contribution in [3.05, 3.63) is 29.3 Å². The van der Waals surface area contributed by atoms with Gasteiger partial charge in [-0.1, -0.05) is 25.3 Å². The summed E-state index contributed by atoms with van der Waals surface area (Å²) in [6, 6.07) is 6.35. The summed E-state index contributed by atoms with van der Waals surface area (Å²) in [4.78, 5) is 2.37. The highest BCUT2D eigenvalue weighted by molar-refractivity contribution is 7.80. The molecule has 0 heterocycles. The van der Waals surface area contributed by atoms with Crippen molar-refractivity contribution in [2.75, 3.05) is 26.0 Å². The number of nitrogens with zero attached hydrogens (tertiary/aromatic N) is 1. The standard InChI is InChI=1S/C18H29N3S/c1-14-8-9-16(12-15(14)2)20-17(22)19-13-18(21(3)4)10-6-5-7-11-18/h8-9,12H,5-7,10-11,13H2,1-4H3,(H2,19,20,22). The third-order valence-corrected chi connectivity index (χ3v) is 5.32. The summed E-state index contributed by atoms with van der Waals surface area (Å²) in [6.45, 7) is 5.16. The quantitative estimate of drug-likeness (QED) is 0.824. The van der Waals surface area contributed by atoms with Gasteiger partial charge in [0.05, 0.1) is 0 Å². The number of thiocarbonyl (C=S) groups is 1. The summed E-state index contributed by atoms with van der Waals surface area (Å²) >= 11 is 5.48. The van der Waals surface area contributed by atoms with Crippen molar-refractivity contribution in [2.45, 2.75) is 51.5 Å². The molecule has 0 unspecified atom stereocenters. The van der Waals surface area contributed by atoms with Gasteiger partial charge in [0.1, 0.15) is 0 Å². The van der Waals surface area contributed by atoms with Crippen LogP contribution < -0.4 is 10.6 Å². The Morgan fingerprint density at radius 2 is 1.82 bits per heavy atom. The van der Waals surface area contributed by atoms with Gasteiger partial charge in [-0.2, -0.15) is 0 Å². The minimum absolute atomic E-state index is 0.243. The molecule has 0 radical (unpaired) electrons. The summed E-state index contributed by atoms with van der Waals surface area (Å²) in [7, 11) is 4.37. The Balaban J connectivity index is 1.92. The molecule has 0 amide bonds. The van der Waals surface area contributed by atoms with Gasteiger partial charge >= 0.3 is 0 Å². The first-order valence-electron chi connectivity index (χ1n) is 8.22. The molecular weight excluding hydrogens is 290 g/mol. The highest BCUT2D eigenvalue weighted by atomic mass is 32.1. The van der Waals surface area contributed by atoms with E-state index in [2.05, 4.69) is 61.7 Å². The van der Waals surface area contributed by atoms with Gasteiger partial charge in [0.2, 0.25) is 0 Å². The fourth-order valence-electron chi connectivity index (χ4n) is 3.23. The number of hydrogen-bond donors (Lipinski definition) is 2. The average molecular weight is 320 g/mol. The Hall–Kier alpha value is -1.13. The fourth-order valence-corrected chi connectivity index (χ4v) is 3.42. The molecule has 2 rings (SSSR count). The molecule has 0 aliphatic heterocycles. The predicted octanol–water partition coefficient (Wildman–Crippen LogP) is 3.85. The SMILES string of the molecule is Cc1ccc(NC(=S)NCC2(N(C)C)CCCCC2)cc1C. The van der Waals surface area contributed by atoms with Crippen molar-refractivity contribution in [2.24, 2.45) is 0 Å². The van der Waals surface area contributed by atoms with Gasteiger partial charge in [-0.3, -0.25) is 0 Å². The molecule has 1 aromatic rings. The van der Waals surface area contributed by atoms with E-state index in [1.807, 2.05) is 0 Å². The summed E-state index contributed by atoms with van der Waals surface area (Å²) in [5.41, 5.74) is 3.89. The third kappa shape index (κ3) is 4.20. The van der Waals surface area contributed by atoms with Crippen LogP contribution in [-0.2, 0) is 0 Å². The van der Waals surface area contributed by atoms with E-state index in [0.717, 1.165) is 17.3 Å². The number of anilines is 1. The lowest BCUT2D eigenvalue weighted by molar-refractivity contribution is 0.104. The van der Waals surface area contributed by atoms with Crippen LogP contribution in [0.15, 0.2) is 18.2 Å². The molecule has 0 saturated heterocycles. The molecular formula is C18H29N3S. The molecule has 122 valence electrons. The van der Waals surface area contributed by atoms with Gasteiger partial charge < -0.3 is 15.5 Å². The summed E-state index contributed by atoms with van der Waals surface area (Å²) < 4.78 is 0. The highest BCUT2D eigenvalue weighted by Gasteiger charge is 2.34. The van der Waals surface area contributed by atoms with Gasteiger partial charge in [0.25, 0.3) is 0 Å². The second-order valence-electron chi connectivity index (χ2n) is 6.79. The van der Waals surface area contributed by atoms with Gasteiger partial charge in [-0.05, 0) is 76.3 Å². The van der Waals surface area contributed by atoms with Crippen LogP contribution in [0.3, 0.4) is 0 Å². The van der Waals surface area contributed by atoms with E-state index >= 15 is 0 Å². The molecule has 2 N–H and O–H groups in total. The normalized spacial score (nSPS) is 17.3. The summed E-state index contributed by atoms with van der Waals surface area (Å²) in [6.07, 6.45) is 6.49. The number of rotatable bonds is 4. The zero-order valence-corrected chi connectivity index (χ0v) is 15.1. The maximum Gasteiger partial charge on any atom is 0.170 e. The van der Waals surface area contributed by atoms with E-state index in [1.54, 1.807) is 0 Å². The Kier molecular flexibility index (Phi) is 5.81. The van der Waals surface area contributed by atoms with Crippen LogP contribution in [0.4, 0.5) is 5.69 Å². The Morgan fingerprint density at radius 3 is 2.41 bits per heavy atom. The van der Waals surface area contributed by atoms with Crippen LogP contribution >= 0.6 is 12.2 Å². The number of aryl methyl sites for hydroxylation is 2. The molecule has 1 aliphatic rings. The molecule has 4 heteroatoms. The maximum atomic E-state index is 5.48. The van der Waals surface area contributed by atoms with Gasteiger partial charge in [-0.15, -0.1) is 0 Å². The van der Waals surface area contributed by atoms with Gasteiger partial charge in [0.15, 0.2) is 5.11 Å². The van der Waals surface area contributed by atoms with Crippen LogP contribution in [0.2, 0.25) is 0 Å². The second-order valence-corrected chi connectivity index (χ2v) is 7.19. The molecule has 3 nitrogen and oxygen atoms in total. The first-order chi connectivity index (χ1) is 10.4. The first-order valence-corrected chi connectivity index (χ1v) is 8.63. The molecule has 0 spiro atoms. The topological polar surface area (TPSA) is 27.3 Å². The smallest absolute Gasteiger partial charge is 0.170 e. The molecule has 0 bridgehead atoms. The van der Waals surface area contributed by atoms with Crippen LogP contribution in [-0.4, -0.2) is 36.2 Å². The van der Waals surface area contributed by atoms with E-state index in [1.165, 1.54) is 43.2 Å². The van der Waals surface area contributed by atoms with E-state index in [-0.39, 0.29) is 5.54 Å². The summed E-state index contributed by atoms with van der Waals surface area (Å²) in [5, 5.41) is 7.46. The van der Waals surface area contributed by atoms with E-state index in [4.69, 9.17) is 12.2 Å². The first kappa shape index (κ1) is 17.2. The van der Waals surface area contributed by atoms with Crippen LogP contribution in [0.25, 0.3) is 0 Å². The average Bonchev–Trinajstić information content (AvgIpc) is 2.50. The largest absolute Gasteiger partial charge is 0.361 e. The Morgan fingerprint density at radius 1 is 1.14 bits per heavy atom. The lowest BCUT2D eigenvalue weighted by Gasteiger charge is -2.43. The molecule has 1 aromatic carbocycles. The zero-order chi connectivity index (χ0) is 16.2. The third-order valence-electron chi connectivity index (χ3n) is 5.08. The monoisotopic (exact) mass is 319 g/mol. The minimum atomic E-state index is 0.243. The minimum Gasteiger partial charge on any atom is -0.361 e. The molecule has 1 saturated carbocycles. The Labute approximate surface area is 140 Å². The number of hydrogen-bond acceptors (Lipinski definition) is 2. The predicted molar refractivity (Wildman–Crippen MR) is 99.6 cm³/mol. The molecule has 1 aliphatic carbocycles. The second kappa shape index (κ2) is 7.42. The van der Waals surface area contributed by atoms with E-state index in [9.17, 15) is 0 Å². The molecule has 22 heavy (non-hydrogen) atoms.